The second-order valence-electron chi connectivity index (χ2n) is 6.81. The van der Waals surface area contributed by atoms with Crippen LogP contribution in [-0.2, 0) is 18.8 Å². The summed E-state index contributed by atoms with van der Waals surface area (Å²) in [5.74, 6) is 0.387. The summed E-state index contributed by atoms with van der Waals surface area (Å²) in [6.07, 6.45) is -0.515. The summed E-state index contributed by atoms with van der Waals surface area (Å²) in [5.41, 5.74) is 0.494. The summed E-state index contributed by atoms with van der Waals surface area (Å²) in [7, 11) is 0.892. The largest absolute Gasteiger partial charge is 0.504 e. The minimum atomic E-state index is -0.611. The molecule has 2 saturated heterocycles. The topological polar surface area (TPSA) is 66.4 Å². The number of benzene rings is 1. The third kappa shape index (κ3) is 3.65. The first kappa shape index (κ1) is 20.5. The van der Waals surface area contributed by atoms with Crippen LogP contribution >= 0.6 is 0 Å². The first-order valence-electron chi connectivity index (χ1n) is 7.75. The van der Waals surface area contributed by atoms with E-state index in [4.69, 9.17) is 23.5 Å². The van der Waals surface area contributed by atoms with Crippen molar-refractivity contribution in [3.8, 4) is 11.5 Å². The van der Waals surface area contributed by atoms with Crippen LogP contribution in [0.2, 0.25) is 0 Å². The Bertz CT molecular complexity index is 584. The maximum Gasteiger partial charge on any atom is 0.495 e. The standard InChI is InChI=1S/C16H23BO6.Ac/c1-15(2)16(3,4)23-17(22-15)11-9-12(18)13(19-5)8-10(11)14-20-6-7-21-14;/h8-9,14,18H,6-7H2,1-5H3;. The number of aromatic hydroxyl groups is 1. The molecular formula is C16H23AcBO6. The van der Waals surface area contributed by atoms with E-state index < -0.39 is 24.6 Å². The fourth-order valence-electron chi connectivity index (χ4n) is 2.68. The maximum absolute atomic E-state index is 10.2. The van der Waals surface area contributed by atoms with Gasteiger partial charge in [0, 0.05) is 49.6 Å². The number of methoxy groups -OCH3 is 1. The molecule has 2 aliphatic rings. The van der Waals surface area contributed by atoms with Gasteiger partial charge in [-0.3, -0.25) is 0 Å². The van der Waals surface area contributed by atoms with E-state index >= 15 is 0 Å². The molecule has 129 valence electrons. The van der Waals surface area contributed by atoms with Gasteiger partial charge in [-0.15, -0.1) is 0 Å². The minimum absolute atomic E-state index is 0. The molecule has 2 aliphatic heterocycles. The Morgan fingerprint density at radius 1 is 1.08 bits per heavy atom. The molecule has 8 heteroatoms. The molecule has 2 fully saturated rings. The van der Waals surface area contributed by atoms with Crippen molar-refractivity contribution in [1.82, 2.24) is 0 Å². The van der Waals surface area contributed by atoms with Crippen molar-refractivity contribution in [1.29, 1.82) is 0 Å². The summed E-state index contributed by atoms with van der Waals surface area (Å²) in [5, 5.41) is 10.2. The molecule has 0 spiro atoms. The number of phenols is 1. The Morgan fingerprint density at radius 3 is 2.12 bits per heavy atom. The van der Waals surface area contributed by atoms with Gasteiger partial charge in [0.2, 0.25) is 0 Å². The molecule has 1 N–H and O–H groups in total. The van der Waals surface area contributed by atoms with E-state index in [9.17, 15) is 5.11 Å². The zero-order chi connectivity index (χ0) is 16.8. The molecule has 3 rings (SSSR count). The fourth-order valence-corrected chi connectivity index (χ4v) is 2.68. The molecule has 1 radical (unpaired) electrons. The molecule has 0 bridgehead atoms. The van der Waals surface area contributed by atoms with Crippen molar-refractivity contribution in [2.24, 2.45) is 0 Å². The van der Waals surface area contributed by atoms with E-state index in [1.165, 1.54) is 7.11 Å². The normalized spacial score (nSPS) is 22.5. The van der Waals surface area contributed by atoms with E-state index in [0.29, 0.717) is 24.4 Å². The Morgan fingerprint density at radius 2 is 1.62 bits per heavy atom. The number of hydrogen-bond donors (Lipinski definition) is 1. The van der Waals surface area contributed by atoms with Gasteiger partial charge in [0.05, 0.1) is 31.5 Å². The molecule has 0 unspecified atom stereocenters. The third-order valence-corrected chi connectivity index (χ3v) is 4.77. The molecular weight excluding hydrogens is 526 g/mol. The second-order valence-corrected chi connectivity index (χ2v) is 6.81. The van der Waals surface area contributed by atoms with Crippen LogP contribution < -0.4 is 10.2 Å². The van der Waals surface area contributed by atoms with Gasteiger partial charge in [-0.25, -0.2) is 0 Å². The van der Waals surface area contributed by atoms with E-state index in [1.807, 2.05) is 27.7 Å². The van der Waals surface area contributed by atoms with Crippen molar-refractivity contribution >= 4 is 12.6 Å². The zero-order valence-electron chi connectivity index (χ0n) is 14.8. The summed E-state index contributed by atoms with van der Waals surface area (Å²) in [6, 6.07) is 3.31. The number of phenolic OH excluding ortho intramolecular Hbond substituents is 1. The maximum atomic E-state index is 10.2. The van der Waals surface area contributed by atoms with Gasteiger partial charge in [0.1, 0.15) is 0 Å². The van der Waals surface area contributed by atoms with E-state index in [0.717, 1.165) is 5.56 Å². The van der Waals surface area contributed by atoms with E-state index in [1.54, 1.807) is 12.1 Å². The quantitative estimate of drug-likeness (QED) is 0.581. The summed E-state index contributed by atoms with van der Waals surface area (Å²) < 4.78 is 28.6. The van der Waals surface area contributed by atoms with Crippen molar-refractivity contribution in [3.05, 3.63) is 17.7 Å². The van der Waals surface area contributed by atoms with Gasteiger partial charge < -0.3 is 28.6 Å². The van der Waals surface area contributed by atoms with Crippen molar-refractivity contribution < 1.29 is 72.7 Å². The van der Waals surface area contributed by atoms with Crippen molar-refractivity contribution in [2.75, 3.05) is 20.3 Å². The van der Waals surface area contributed by atoms with Crippen molar-refractivity contribution in [3.63, 3.8) is 0 Å². The molecule has 1 aromatic rings. The van der Waals surface area contributed by atoms with E-state index in [-0.39, 0.29) is 49.8 Å². The first-order chi connectivity index (χ1) is 10.7. The summed E-state index contributed by atoms with van der Waals surface area (Å²) in [4.78, 5) is 0. The van der Waals surface area contributed by atoms with Crippen LogP contribution in [0.4, 0.5) is 0 Å². The predicted molar refractivity (Wildman–Crippen MR) is 85.0 cm³/mol. The molecule has 0 aliphatic carbocycles. The Labute approximate surface area is 178 Å². The third-order valence-electron chi connectivity index (χ3n) is 4.77. The van der Waals surface area contributed by atoms with Crippen LogP contribution in [0.1, 0.15) is 39.5 Å². The Hall–Kier alpha value is 0.166. The summed E-state index contributed by atoms with van der Waals surface area (Å²) in [6.45, 7) is 8.99. The van der Waals surface area contributed by atoms with Crippen LogP contribution in [0.3, 0.4) is 0 Å². The number of rotatable bonds is 3. The van der Waals surface area contributed by atoms with Crippen LogP contribution in [0.15, 0.2) is 12.1 Å². The van der Waals surface area contributed by atoms with Crippen LogP contribution in [0, 0.1) is 44.1 Å². The molecule has 0 saturated carbocycles. The average Bonchev–Trinajstić information content (AvgIpc) is 3.05. The molecule has 6 nitrogen and oxygen atoms in total. The second kappa shape index (κ2) is 7.42. The van der Waals surface area contributed by atoms with Crippen LogP contribution in [0.25, 0.3) is 0 Å². The van der Waals surface area contributed by atoms with Gasteiger partial charge in [0.25, 0.3) is 0 Å². The monoisotopic (exact) mass is 549 g/mol. The SMILES string of the molecule is COc1cc(C2OCCO2)c(B2OC(C)(C)C(C)(C)O2)cc1O.[Ac]. The van der Waals surface area contributed by atoms with Gasteiger partial charge >= 0.3 is 7.12 Å². The van der Waals surface area contributed by atoms with Gasteiger partial charge in [-0.2, -0.15) is 0 Å². The molecule has 0 amide bonds. The number of ether oxygens (including phenoxy) is 3. The molecule has 1 aromatic carbocycles. The minimum Gasteiger partial charge on any atom is -0.504 e. The van der Waals surface area contributed by atoms with Gasteiger partial charge in [0.15, 0.2) is 17.8 Å². The predicted octanol–water partition coefficient (Wildman–Crippen LogP) is 1.75. The van der Waals surface area contributed by atoms with Gasteiger partial charge in [-0.1, -0.05) is 0 Å². The fraction of sp³-hybridized carbons (Fsp3) is 0.625. The van der Waals surface area contributed by atoms with Crippen LogP contribution in [0.5, 0.6) is 11.5 Å². The van der Waals surface area contributed by atoms with Gasteiger partial charge in [-0.05, 0) is 45.3 Å². The molecule has 2 heterocycles. The average molecular weight is 549 g/mol. The van der Waals surface area contributed by atoms with Crippen molar-refractivity contribution in [2.45, 2.75) is 45.2 Å². The van der Waals surface area contributed by atoms with Crippen LogP contribution in [-0.4, -0.2) is 43.8 Å². The Balaban J connectivity index is 0.00000208. The zero-order valence-corrected chi connectivity index (χ0v) is 19.5. The molecule has 0 aromatic heterocycles. The first-order valence-corrected chi connectivity index (χ1v) is 7.75. The Kier molecular flexibility index (Phi) is 6.33. The summed E-state index contributed by atoms with van der Waals surface area (Å²) >= 11 is 0. The molecule has 0 atom stereocenters. The molecule has 24 heavy (non-hydrogen) atoms. The van der Waals surface area contributed by atoms with E-state index in [2.05, 4.69) is 0 Å². The smallest absolute Gasteiger partial charge is 0.495 e. The number of hydrogen-bond acceptors (Lipinski definition) is 6.